The van der Waals surface area contributed by atoms with Crippen LogP contribution in [-0.4, -0.2) is 12.8 Å². The highest BCUT2D eigenvalue weighted by Crippen LogP contribution is 2.29. The molecule has 0 saturated carbocycles. The number of rotatable bonds is 5. The van der Waals surface area contributed by atoms with Gasteiger partial charge >= 0.3 is 0 Å². The Bertz CT molecular complexity index is 481. The quantitative estimate of drug-likeness (QED) is 0.809. The molecule has 2 aromatic rings. The van der Waals surface area contributed by atoms with E-state index in [2.05, 4.69) is 73.1 Å². The lowest BCUT2D eigenvalue weighted by molar-refractivity contribution is 0.622. The Kier molecular flexibility index (Phi) is 4.85. The predicted octanol–water partition coefficient (Wildman–Crippen LogP) is 4.11. The molecule has 0 heterocycles. The van der Waals surface area contributed by atoms with Gasteiger partial charge in [0, 0.05) is 4.90 Å². The van der Waals surface area contributed by atoms with Gasteiger partial charge in [-0.05, 0) is 30.0 Å². The minimum Gasteiger partial charge on any atom is -0.306 e. The van der Waals surface area contributed by atoms with Crippen LogP contribution in [0.3, 0.4) is 0 Å². The first kappa shape index (κ1) is 13.2. The van der Waals surface area contributed by atoms with Gasteiger partial charge in [-0.1, -0.05) is 55.5 Å². The number of hydrogen-bond acceptors (Lipinski definition) is 2. The zero-order chi connectivity index (χ0) is 12.8. The first-order chi connectivity index (χ1) is 8.86. The second kappa shape index (κ2) is 6.62. The van der Waals surface area contributed by atoms with Gasteiger partial charge in [0.05, 0.1) is 6.04 Å². The summed E-state index contributed by atoms with van der Waals surface area (Å²) in [6.45, 7) is 3.11. The average Bonchev–Trinajstić information content (AvgIpc) is 2.46. The third-order valence-corrected chi connectivity index (χ3v) is 3.80. The minimum atomic E-state index is 0.278. The van der Waals surface area contributed by atoms with Gasteiger partial charge in [-0.25, -0.2) is 0 Å². The highest BCUT2D eigenvalue weighted by atomic mass is 32.2. The Hall–Kier alpha value is -1.25. The van der Waals surface area contributed by atoms with E-state index in [1.54, 1.807) is 11.8 Å². The zero-order valence-corrected chi connectivity index (χ0v) is 11.7. The molecule has 1 N–H and O–H groups in total. The van der Waals surface area contributed by atoms with Crippen LogP contribution in [-0.2, 0) is 0 Å². The normalized spacial score (nSPS) is 12.3. The van der Waals surface area contributed by atoms with E-state index in [-0.39, 0.29) is 6.04 Å². The lowest BCUT2D eigenvalue weighted by Crippen LogP contribution is -2.22. The van der Waals surface area contributed by atoms with Crippen molar-refractivity contribution in [2.45, 2.75) is 17.9 Å². The monoisotopic (exact) mass is 257 g/mol. The Balaban J connectivity index is 2.41. The molecule has 94 valence electrons. The number of nitrogens with one attached hydrogen (secondary N) is 1. The SMILES string of the molecule is CCNC(c1ccccc1)c1ccccc1SC. The number of thioether (sulfide) groups is 1. The van der Waals surface area contributed by atoms with Crippen molar-refractivity contribution in [2.24, 2.45) is 0 Å². The number of benzene rings is 2. The Morgan fingerprint density at radius 1 is 1.00 bits per heavy atom. The second-order valence-corrected chi connectivity index (χ2v) is 4.99. The maximum Gasteiger partial charge on any atom is 0.0587 e. The van der Waals surface area contributed by atoms with Crippen molar-refractivity contribution in [1.29, 1.82) is 0 Å². The molecule has 18 heavy (non-hydrogen) atoms. The van der Waals surface area contributed by atoms with Gasteiger partial charge in [0.15, 0.2) is 0 Å². The Morgan fingerprint density at radius 2 is 1.67 bits per heavy atom. The summed E-state index contributed by atoms with van der Waals surface area (Å²) in [5, 5.41) is 3.58. The molecule has 0 aliphatic rings. The highest BCUT2D eigenvalue weighted by molar-refractivity contribution is 7.98. The van der Waals surface area contributed by atoms with Crippen LogP contribution in [0, 0.1) is 0 Å². The molecule has 0 bridgehead atoms. The maximum atomic E-state index is 3.58. The third-order valence-electron chi connectivity index (χ3n) is 2.99. The molecule has 1 unspecified atom stereocenters. The molecule has 1 atom stereocenters. The summed E-state index contributed by atoms with van der Waals surface area (Å²) < 4.78 is 0. The molecule has 0 aromatic heterocycles. The Morgan fingerprint density at radius 3 is 2.33 bits per heavy atom. The fourth-order valence-corrected chi connectivity index (χ4v) is 2.80. The summed E-state index contributed by atoms with van der Waals surface area (Å²) in [5.74, 6) is 0. The lowest BCUT2D eigenvalue weighted by atomic mass is 9.98. The fourth-order valence-electron chi connectivity index (χ4n) is 2.16. The van der Waals surface area contributed by atoms with Crippen LogP contribution in [0.15, 0.2) is 59.5 Å². The fraction of sp³-hybridized carbons (Fsp3) is 0.250. The lowest BCUT2D eigenvalue weighted by Gasteiger charge is -2.21. The van der Waals surface area contributed by atoms with E-state index in [9.17, 15) is 0 Å². The van der Waals surface area contributed by atoms with Gasteiger partial charge in [0.2, 0.25) is 0 Å². The molecule has 0 amide bonds. The molecule has 0 saturated heterocycles. The van der Waals surface area contributed by atoms with Crippen LogP contribution in [0.1, 0.15) is 24.1 Å². The third kappa shape index (κ3) is 2.95. The summed E-state index contributed by atoms with van der Waals surface area (Å²) in [4.78, 5) is 1.34. The predicted molar refractivity (Wildman–Crippen MR) is 80.2 cm³/mol. The molecular weight excluding hydrogens is 238 g/mol. The van der Waals surface area contributed by atoms with E-state index < -0.39 is 0 Å². The van der Waals surface area contributed by atoms with E-state index in [1.165, 1.54) is 16.0 Å². The summed E-state index contributed by atoms with van der Waals surface area (Å²) in [6, 6.07) is 19.5. The Labute approximate surface area is 114 Å². The van der Waals surface area contributed by atoms with Crippen LogP contribution in [0.2, 0.25) is 0 Å². The van der Waals surface area contributed by atoms with Crippen molar-refractivity contribution in [2.75, 3.05) is 12.8 Å². The average molecular weight is 257 g/mol. The smallest absolute Gasteiger partial charge is 0.0587 e. The summed E-state index contributed by atoms with van der Waals surface area (Å²) >= 11 is 1.80. The van der Waals surface area contributed by atoms with Crippen molar-refractivity contribution in [3.8, 4) is 0 Å². The molecular formula is C16H19NS. The zero-order valence-electron chi connectivity index (χ0n) is 10.9. The van der Waals surface area contributed by atoms with Crippen molar-refractivity contribution in [1.82, 2.24) is 5.32 Å². The largest absolute Gasteiger partial charge is 0.306 e. The van der Waals surface area contributed by atoms with Gasteiger partial charge in [-0.2, -0.15) is 0 Å². The first-order valence-electron chi connectivity index (χ1n) is 6.28. The number of hydrogen-bond donors (Lipinski definition) is 1. The second-order valence-electron chi connectivity index (χ2n) is 4.14. The van der Waals surface area contributed by atoms with E-state index in [0.717, 1.165) is 6.54 Å². The molecule has 0 aliphatic heterocycles. The molecule has 0 spiro atoms. The van der Waals surface area contributed by atoms with E-state index >= 15 is 0 Å². The summed E-state index contributed by atoms with van der Waals surface area (Å²) in [6.07, 6.45) is 2.13. The summed E-state index contributed by atoms with van der Waals surface area (Å²) in [5.41, 5.74) is 2.68. The maximum absolute atomic E-state index is 3.58. The van der Waals surface area contributed by atoms with Gasteiger partial charge in [0.1, 0.15) is 0 Å². The van der Waals surface area contributed by atoms with Crippen molar-refractivity contribution < 1.29 is 0 Å². The molecule has 2 heteroatoms. The molecule has 0 radical (unpaired) electrons. The standard InChI is InChI=1S/C16H19NS/c1-3-17-16(13-9-5-4-6-10-13)14-11-7-8-12-15(14)18-2/h4-12,16-17H,3H2,1-2H3. The molecule has 2 aromatic carbocycles. The summed E-state index contributed by atoms with van der Waals surface area (Å²) in [7, 11) is 0. The van der Waals surface area contributed by atoms with E-state index in [0.29, 0.717) is 0 Å². The van der Waals surface area contributed by atoms with E-state index in [1.807, 2.05) is 0 Å². The molecule has 1 nitrogen and oxygen atoms in total. The van der Waals surface area contributed by atoms with Gasteiger partial charge in [-0.15, -0.1) is 11.8 Å². The molecule has 0 fully saturated rings. The van der Waals surface area contributed by atoms with Crippen molar-refractivity contribution >= 4 is 11.8 Å². The first-order valence-corrected chi connectivity index (χ1v) is 7.50. The van der Waals surface area contributed by atoms with Gasteiger partial charge in [-0.3, -0.25) is 0 Å². The van der Waals surface area contributed by atoms with Crippen LogP contribution >= 0.6 is 11.8 Å². The van der Waals surface area contributed by atoms with Crippen LogP contribution in [0.25, 0.3) is 0 Å². The van der Waals surface area contributed by atoms with Crippen molar-refractivity contribution in [3.63, 3.8) is 0 Å². The minimum absolute atomic E-state index is 0.278. The van der Waals surface area contributed by atoms with Gasteiger partial charge in [0.25, 0.3) is 0 Å². The van der Waals surface area contributed by atoms with Crippen LogP contribution in [0.5, 0.6) is 0 Å². The van der Waals surface area contributed by atoms with Crippen LogP contribution in [0.4, 0.5) is 0 Å². The topological polar surface area (TPSA) is 12.0 Å². The van der Waals surface area contributed by atoms with Crippen molar-refractivity contribution in [3.05, 3.63) is 65.7 Å². The highest BCUT2D eigenvalue weighted by Gasteiger charge is 2.15. The molecule has 2 rings (SSSR count). The van der Waals surface area contributed by atoms with Crippen LogP contribution < -0.4 is 5.32 Å². The van der Waals surface area contributed by atoms with E-state index in [4.69, 9.17) is 0 Å². The molecule has 0 aliphatic carbocycles. The van der Waals surface area contributed by atoms with Gasteiger partial charge < -0.3 is 5.32 Å².